The number of nitrogens with zero attached hydrogens (tertiary/aromatic N) is 2. The van der Waals surface area contributed by atoms with E-state index < -0.39 is 0 Å². The predicted molar refractivity (Wildman–Crippen MR) is 69.6 cm³/mol. The summed E-state index contributed by atoms with van der Waals surface area (Å²) in [4.78, 5) is 2.22. The van der Waals surface area contributed by atoms with Crippen LogP contribution >= 0.6 is 0 Å². The predicted octanol–water partition coefficient (Wildman–Crippen LogP) is 2.29. The van der Waals surface area contributed by atoms with Crippen LogP contribution in [0.2, 0.25) is 0 Å². The van der Waals surface area contributed by atoms with Crippen LogP contribution in [-0.4, -0.2) is 34.0 Å². The zero-order chi connectivity index (χ0) is 12.5. The second-order valence-electron chi connectivity index (χ2n) is 4.83. The van der Waals surface area contributed by atoms with Gasteiger partial charge >= 0.3 is 0 Å². The lowest BCUT2D eigenvalue weighted by atomic mass is 9.83. The van der Waals surface area contributed by atoms with E-state index in [0.717, 1.165) is 42.9 Å². The molecule has 0 spiro atoms. The summed E-state index contributed by atoms with van der Waals surface area (Å²) in [5, 5.41) is 22.5. The van der Waals surface area contributed by atoms with Crippen LogP contribution in [0.15, 0.2) is 35.1 Å². The van der Waals surface area contributed by atoms with Crippen molar-refractivity contribution in [2.75, 3.05) is 13.1 Å². The van der Waals surface area contributed by atoms with Crippen LogP contribution in [0, 0.1) is 5.92 Å². The van der Waals surface area contributed by atoms with Crippen LogP contribution in [0.4, 0.5) is 0 Å². The second-order valence-corrected chi connectivity index (χ2v) is 4.83. The number of hydrogen-bond donors (Lipinski definition) is 2. The Bertz CT molecular complexity index is 514. The summed E-state index contributed by atoms with van der Waals surface area (Å²) in [6.45, 7) is 2.01. The van der Waals surface area contributed by atoms with Gasteiger partial charge in [0, 0.05) is 24.6 Å². The Hall–Kier alpha value is -1.97. The first-order valence-electron chi connectivity index (χ1n) is 6.26. The fourth-order valence-electron chi connectivity index (χ4n) is 2.82. The summed E-state index contributed by atoms with van der Waals surface area (Å²) in [6.07, 6.45) is 4.02. The number of phenols is 1. The van der Waals surface area contributed by atoms with Crippen LogP contribution in [0.25, 0.3) is 6.08 Å². The Morgan fingerprint density at radius 3 is 2.61 bits per heavy atom. The van der Waals surface area contributed by atoms with Crippen molar-refractivity contribution in [2.24, 2.45) is 11.1 Å². The van der Waals surface area contributed by atoms with Crippen molar-refractivity contribution in [1.29, 1.82) is 0 Å². The molecule has 0 radical (unpaired) electrons. The fourth-order valence-corrected chi connectivity index (χ4v) is 2.82. The van der Waals surface area contributed by atoms with E-state index in [1.807, 2.05) is 18.2 Å². The van der Waals surface area contributed by atoms with Gasteiger partial charge in [-0.15, -0.1) is 0 Å². The number of piperidine rings is 3. The number of fused-ring (bicyclic) bond motifs is 3. The minimum absolute atomic E-state index is 0.255. The number of phenolic OH excluding ortho intramolecular Hbond substituents is 1. The molecule has 2 N–H and O–H groups in total. The molecule has 0 unspecified atom stereocenters. The van der Waals surface area contributed by atoms with Crippen molar-refractivity contribution >= 4 is 11.8 Å². The van der Waals surface area contributed by atoms with Gasteiger partial charge in [-0.3, -0.25) is 0 Å². The van der Waals surface area contributed by atoms with Gasteiger partial charge in [-0.2, -0.15) is 0 Å². The van der Waals surface area contributed by atoms with Gasteiger partial charge in [0.1, 0.15) is 11.5 Å². The van der Waals surface area contributed by atoms with Crippen LogP contribution in [0.3, 0.4) is 0 Å². The molecular weight excluding hydrogens is 228 g/mol. The number of rotatable bonds is 1. The minimum atomic E-state index is 0.255. The highest BCUT2D eigenvalue weighted by atomic mass is 16.4. The van der Waals surface area contributed by atoms with Crippen molar-refractivity contribution in [2.45, 2.75) is 12.8 Å². The zero-order valence-corrected chi connectivity index (χ0v) is 10.1. The van der Waals surface area contributed by atoms with Crippen LogP contribution in [0.5, 0.6) is 5.75 Å². The second kappa shape index (κ2) is 4.37. The van der Waals surface area contributed by atoms with Gasteiger partial charge < -0.3 is 15.2 Å². The summed E-state index contributed by atoms with van der Waals surface area (Å²) in [6, 6.07) is 7.21. The van der Waals surface area contributed by atoms with Gasteiger partial charge in [-0.25, -0.2) is 0 Å². The molecule has 4 rings (SSSR count). The summed E-state index contributed by atoms with van der Waals surface area (Å²) in [5.41, 5.74) is 2.47. The molecule has 3 aliphatic heterocycles. The highest BCUT2D eigenvalue weighted by Crippen LogP contribution is 2.34. The Balaban J connectivity index is 2.02. The van der Waals surface area contributed by atoms with E-state index in [1.54, 1.807) is 12.1 Å². The largest absolute Gasteiger partial charge is 0.507 e. The Morgan fingerprint density at radius 1 is 1.22 bits per heavy atom. The number of para-hydroxylation sites is 1. The fraction of sp³-hybridized carbons (Fsp3) is 0.357. The van der Waals surface area contributed by atoms with E-state index in [9.17, 15) is 10.3 Å². The maximum atomic E-state index is 9.80. The summed E-state index contributed by atoms with van der Waals surface area (Å²) >= 11 is 0. The van der Waals surface area contributed by atoms with Crippen molar-refractivity contribution in [1.82, 2.24) is 4.90 Å². The van der Waals surface area contributed by atoms with Crippen molar-refractivity contribution in [3.63, 3.8) is 0 Å². The molecule has 0 aliphatic carbocycles. The lowest BCUT2D eigenvalue weighted by Crippen LogP contribution is -2.46. The molecule has 2 bridgehead atoms. The van der Waals surface area contributed by atoms with Gasteiger partial charge in [0.25, 0.3) is 0 Å². The third kappa shape index (κ3) is 1.74. The molecule has 3 aliphatic rings. The monoisotopic (exact) mass is 244 g/mol. The molecule has 4 nitrogen and oxygen atoms in total. The SMILES string of the molecule is ON=C1C(=Cc2ccccc2O)N2CCC1CC2. The molecule has 1 aromatic rings. The van der Waals surface area contributed by atoms with E-state index >= 15 is 0 Å². The highest BCUT2D eigenvalue weighted by Gasteiger charge is 2.35. The molecule has 18 heavy (non-hydrogen) atoms. The summed E-state index contributed by atoms with van der Waals surface area (Å²) < 4.78 is 0. The van der Waals surface area contributed by atoms with Gasteiger partial charge in [-0.1, -0.05) is 23.4 Å². The van der Waals surface area contributed by atoms with Gasteiger partial charge in [0.15, 0.2) is 0 Å². The van der Waals surface area contributed by atoms with Crippen molar-refractivity contribution < 1.29 is 10.3 Å². The average molecular weight is 244 g/mol. The lowest BCUT2D eigenvalue weighted by Gasteiger charge is -2.42. The van der Waals surface area contributed by atoms with E-state index in [4.69, 9.17) is 0 Å². The van der Waals surface area contributed by atoms with Gasteiger partial charge in [0.2, 0.25) is 0 Å². The van der Waals surface area contributed by atoms with Crippen molar-refractivity contribution in [3.8, 4) is 5.75 Å². The topological polar surface area (TPSA) is 56.1 Å². The average Bonchev–Trinajstić information content (AvgIpc) is 2.42. The third-order valence-electron chi connectivity index (χ3n) is 3.82. The van der Waals surface area contributed by atoms with Crippen LogP contribution in [0.1, 0.15) is 18.4 Å². The van der Waals surface area contributed by atoms with Crippen LogP contribution in [-0.2, 0) is 0 Å². The first kappa shape index (κ1) is 11.1. The lowest BCUT2D eigenvalue weighted by molar-refractivity contribution is 0.229. The van der Waals surface area contributed by atoms with E-state index in [0.29, 0.717) is 5.92 Å². The Labute approximate surface area is 106 Å². The van der Waals surface area contributed by atoms with Gasteiger partial charge in [-0.05, 0) is 25.0 Å². The van der Waals surface area contributed by atoms with Gasteiger partial charge in [0.05, 0.1) is 5.70 Å². The molecule has 0 aromatic heterocycles. The molecule has 3 saturated heterocycles. The standard InChI is InChI=1S/C14H16N2O2/c17-13-4-2-1-3-11(13)9-12-14(15-18)10-5-7-16(12)8-6-10/h1-4,9-10,17-18H,5-8H2. The Morgan fingerprint density at radius 2 is 1.94 bits per heavy atom. The first-order chi connectivity index (χ1) is 8.79. The normalized spacial score (nSPS) is 24.1. The van der Waals surface area contributed by atoms with Crippen molar-refractivity contribution in [3.05, 3.63) is 35.5 Å². The number of allylic oxidation sites excluding steroid dienone is 1. The zero-order valence-electron chi connectivity index (χ0n) is 10.1. The number of benzene rings is 1. The van der Waals surface area contributed by atoms with E-state index in [-0.39, 0.29) is 5.75 Å². The first-order valence-corrected chi connectivity index (χ1v) is 6.26. The molecule has 0 amide bonds. The summed E-state index contributed by atoms with van der Waals surface area (Å²) in [5.74, 6) is 0.613. The quantitative estimate of drug-likeness (QED) is 0.588. The molecule has 0 atom stereocenters. The number of aromatic hydroxyl groups is 1. The number of oxime groups is 1. The molecule has 3 heterocycles. The summed E-state index contributed by atoms with van der Waals surface area (Å²) in [7, 11) is 0. The smallest absolute Gasteiger partial charge is 0.122 e. The minimum Gasteiger partial charge on any atom is -0.507 e. The Kier molecular flexibility index (Phi) is 2.70. The molecule has 0 saturated carbocycles. The third-order valence-corrected chi connectivity index (χ3v) is 3.82. The van der Waals surface area contributed by atoms with Crippen LogP contribution < -0.4 is 0 Å². The molecule has 94 valence electrons. The molecular formula is C14H16N2O2. The maximum absolute atomic E-state index is 9.80. The van der Waals surface area contributed by atoms with E-state index in [1.165, 1.54) is 0 Å². The molecule has 3 fully saturated rings. The van der Waals surface area contributed by atoms with E-state index in [2.05, 4.69) is 10.1 Å². The molecule has 1 aromatic carbocycles. The number of hydrogen-bond acceptors (Lipinski definition) is 4. The highest BCUT2D eigenvalue weighted by molar-refractivity contribution is 6.05. The molecule has 4 heteroatoms. The maximum Gasteiger partial charge on any atom is 0.122 e.